The highest BCUT2D eigenvalue weighted by Gasteiger charge is 2.23. The Labute approximate surface area is 127 Å². The van der Waals surface area contributed by atoms with E-state index in [9.17, 15) is 10.1 Å². The third kappa shape index (κ3) is 2.97. The van der Waals surface area contributed by atoms with Gasteiger partial charge >= 0.3 is 0 Å². The molecule has 2 rings (SSSR count). The predicted molar refractivity (Wildman–Crippen MR) is 82.6 cm³/mol. The normalized spacial score (nSPS) is 11.7. The van der Waals surface area contributed by atoms with Crippen LogP contribution in [0.1, 0.15) is 34.3 Å². The number of halogens is 1. The van der Waals surface area contributed by atoms with Crippen LogP contribution in [0.3, 0.4) is 0 Å². The summed E-state index contributed by atoms with van der Waals surface area (Å²) >= 11 is 3.35. The Morgan fingerprint density at radius 3 is 2.45 bits per heavy atom. The van der Waals surface area contributed by atoms with Crippen LogP contribution < -0.4 is 0 Å². The maximum atomic E-state index is 12.6. The molecule has 2 nitrogen and oxygen atoms in total. The first kappa shape index (κ1) is 14.5. The van der Waals surface area contributed by atoms with Gasteiger partial charge in [-0.05, 0) is 29.7 Å². The number of carbonyl (C=O) groups excluding carboxylic acids is 1. The minimum absolute atomic E-state index is 0.132. The van der Waals surface area contributed by atoms with Crippen molar-refractivity contribution in [3.8, 4) is 6.07 Å². The van der Waals surface area contributed by atoms with E-state index in [1.807, 2.05) is 49.4 Å². The van der Waals surface area contributed by atoms with E-state index >= 15 is 0 Å². The molecule has 0 aliphatic carbocycles. The molecule has 0 fully saturated rings. The molecule has 0 saturated carbocycles. The summed E-state index contributed by atoms with van der Waals surface area (Å²) in [7, 11) is 0. The first-order chi connectivity index (χ1) is 9.67. The summed E-state index contributed by atoms with van der Waals surface area (Å²) in [5, 5.41) is 9.36. The van der Waals surface area contributed by atoms with Gasteiger partial charge in [0, 0.05) is 10.0 Å². The molecule has 1 unspecified atom stereocenters. The number of ketones is 1. The average Bonchev–Trinajstić information content (AvgIpc) is 2.49. The van der Waals surface area contributed by atoms with Crippen LogP contribution in [0.5, 0.6) is 0 Å². The van der Waals surface area contributed by atoms with Crippen molar-refractivity contribution in [2.24, 2.45) is 0 Å². The maximum Gasteiger partial charge on any atom is 0.184 e. The second-order valence-electron chi connectivity index (χ2n) is 4.49. The zero-order valence-electron chi connectivity index (χ0n) is 11.1. The zero-order valence-corrected chi connectivity index (χ0v) is 12.7. The molecule has 20 heavy (non-hydrogen) atoms. The fourth-order valence-corrected chi connectivity index (χ4v) is 2.43. The summed E-state index contributed by atoms with van der Waals surface area (Å²) in [6.45, 7) is 2.01. The standard InChI is InChI=1S/C17H14BrNO/c1-2-12-5-3-4-6-15(12)17(20)16(11-19)13-7-9-14(18)10-8-13/h3-10,16H,2H2,1H3. The van der Waals surface area contributed by atoms with Crippen LogP contribution in [0.4, 0.5) is 0 Å². The van der Waals surface area contributed by atoms with E-state index in [0.29, 0.717) is 5.56 Å². The van der Waals surface area contributed by atoms with Gasteiger partial charge in [-0.2, -0.15) is 5.26 Å². The predicted octanol–water partition coefficient (Wildman–Crippen LogP) is 4.50. The molecular formula is C17H14BrNO. The van der Waals surface area contributed by atoms with Crippen LogP contribution in [-0.2, 0) is 6.42 Å². The van der Waals surface area contributed by atoms with Gasteiger partial charge in [-0.25, -0.2) is 0 Å². The number of nitrogens with zero attached hydrogens (tertiary/aromatic N) is 1. The average molecular weight is 328 g/mol. The summed E-state index contributed by atoms with van der Waals surface area (Å²) in [5.74, 6) is -0.886. The maximum absolute atomic E-state index is 12.6. The van der Waals surface area contributed by atoms with Crippen molar-refractivity contribution in [3.63, 3.8) is 0 Å². The molecule has 0 saturated heterocycles. The third-order valence-electron chi connectivity index (χ3n) is 3.26. The Kier molecular flexibility index (Phi) is 4.70. The highest BCUT2D eigenvalue weighted by molar-refractivity contribution is 9.10. The van der Waals surface area contributed by atoms with Gasteiger partial charge in [-0.15, -0.1) is 0 Å². The van der Waals surface area contributed by atoms with Gasteiger partial charge in [0.2, 0.25) is 0 Å². The molecule has 0 amide bonds. The molecule has 0 spiro atoms. The lowest BCUT2D eigenvalue weighted by molar-refractivity contribution is 0.0978. The molecule has 0 bridgehead atoms. The minimum Gasteiger partial charge on any atom is -0.292 e. The lowest BCUT2D eigenvalue weighted by atomic mass is 9.89. The third-order valence-corrected chi connectivity index (χ3v) is 3.79. The van der Waals surface area contributed by atoms with E-state index in [0.717, 1.165) is 22.0 Å². The summed E-state index contributed by atoms with van der Waals surface area (Å²) < 4.78 is 0.930. The van der Waals surface area contributed by atoms with Crippen LogP contribution in [-0.4, -0.2) is 5.78 Å². The Bertz CT molecular complexity index is 655. The smallest absolute Gasteiger partial charge is 0.184 e. The van der Waals surface area contributed by atoms with Gasteiger partial charge in [0.15, 0.2) is 5.78 Å². The van der Waals surface area contributed by atoms with E-state index in [4.69, 9.17) is 0 Å². The number of benzene rings is 2. The Morgan fingerprint density at radius 1 is 1.20 bits per heavy atom. The van der Waals surface area contributed by atoms with Gasteiger partial charge in [0.1, 0.15) is 5.92 Å². The summed E-state index contributed by atoms with van der Waals surface area (Å²) in [6, 6.07) is 16.9. The van der Waals surface area contributed by atoms with Crippen molar-refractivity contribution >= 4 is 21.7 Å². The van der Waals surface area contributed by atoms with Crippen molar-refractivity contribution < 1.29 is 4.79 Å². The van der Waals surface area contributed by atoms with Gasteiger partial charge in [0.25, 0.3) is 0 Å². The van der Waals surface area contributed by atoms with E-state index < -0.39 is 5.92 Å². The fourth-order valence-electron chi connectivity index (χ4n) is 2.16. The number of carbonyl (C=O) groups is 1. The number of aryl methyl sites for hydroxylation is 1. The van der Waals surface area contributed by atoms with E-state index in [1.165, 1.54) is 0 Å². The second kappa shape index (κ2) is 6.49. The van der Waals surface area contributed by atoms with Gasteiger partial charge in [-0.3, -0.25) is 4.79 Å². The van der Waals surface area contributed by atoms with Crippen molar-refractivity contribution in [3.05, 3.63) is 69.7 Å². The molecule has 0 heterocycles. The molecular weight excluding hydrogens is 314 g/mol. The number of hydrogen-bond acceptors (Lipinski definition) is 2. The van der Waals surface area contributed by atoms with E-state index in [1.54, 1.807) is 6.07 Å². The molecule has 3 heteroatoms. The molecule has 0 radical (unpaired) electrons. The lowest BCUT2D eigenvalue weighted by Crippen LogP contribution is -2.13. The van der Waals surface area contributed by atoms with E-state index in [2.05, 4.69) is 22.0 Å². The number of nitriles is 1. The SMILES string of the molecule is CCc1ccccc1C(=O)C(C#N)c1ccc(Br)cc1. The summed E-state index contributed by atoms with van der Waals surface area (Å²) in [6.07, 6.45) is 0.778. The van der Waals surface area contributed by atoms with Crippen molar-refractivity contribution in [2.45, 2.75) is 19.3 Å². The van der Waals surface area contributed by atoms with Crippen LogP contribution in [0, 0.1) is 11.3 Å². The Hall–Kier alpha value is -1.92. The molecule has 0 N–H and O–H groups in total. The Balaban J connectivity index is 2.39. The summed E-state index contributed by atoms with van der Waals surface area (Å²) in [4.78, 5) is 12.6. The molecule has 2 aromatic rings. The first-order valence-electron chi connectivity index (χ1n) is 6.44. The van der Waals surface area contributed by atoms with Crippen LogP contribution in [0.15, 0.2) is 53.0 Å². The monoisotopic (exact) mass is 327 g/mol. The molecule has 0 aromatic heterocycles. The number of rotatable bonds is 4. The topological polar surface area (TPSA) is 40.9 Å². The lowest BCUT2D eigenvalue weighted by Gasteiger charge is -2.11. The number of hydrogen-bond donors (Lipinski definition) is 0. The van der Waals surface area contributed by atoms with E-state index in [-0.39, 0.29) is 5.78 Å². The molecule has 0 aliphatic heterocycles. The van der Waals surface area contributed by atoms with Crippen LogP contribution >= 0.6 is 15.9 Å². The first-order valence-corrected chi connectivity index (χ1v) is 7.24. The zero-order chi connectivity index (χ0) is 14.5. The van der Waals surface area contributed by atoms with Gasteiger partial charge in [0.05, 0.1) is 6.07 Å². The van der Waals surface area contributed by atoms with Gasteiger partial charge < -0.3 is 0 Å². The van der Waals surface area contributed by atoms with Crippen LogP contribution in [0.2, 0.25) is 0 Å². The Morgan fingerprint density at radius 2 is 1.85 bits per heavy atom. The molecule has 1 atom stereocenters. The fraction of sp³-hybridized carbons (Fsp3) is 0.176. The van der Waals surface area contributed by atoms with Crippen LogP contribution in [0.25, 0.3) is 0 Å². The van der Waals surface area contributed by atoms with Crippen molar-refractivity contribution in [1.29, 1.82) is 5.26 Å². The largest absolute Gasteiger partial charge is 0.292 e. The summed E-state index contributed by atoms with van der Waals surface area (Å²) in [5.41, 5.74) is 2.35. The quantitative estimate of drug-likeness (QED) is 0.775. The molecule has 0 aliphatic rings. The second-order valence-corrected chi connectivity index (χ2v) is 5.40. The number of Topliss-reactive ketones (excluding diaryl/α,β-unsaturated/α-hetero) is 1. The van der Waals surface area contributed by atoms with Gasteiger partial charge in [-0.1, -0.05) is 59.3 Å². The highest BCUT2D eigenvalue weighted by atomic mass is 79.9. The minimum atomic E-state index is -0.754. The molecule has 2 aromatic carbocycles. The molecule has 100 valence electrons. The highest BCUT2D eigenvalue weighted by Crippen LogP contribution is 2.24. The van der Waals surface area contributed by atoms with Crippen molar-refractivity contribution in [2.75, 3.05) is 0 Å². The van der Waals surface area contributed by atoms with Crippen molar-refractivity contribution in [1.82, 2.24) is 0 Å².